The largest absolute Gasteiger partial charge is 0.451 e. The molecule has 0 heterocycles. The number of methoxy groups -OCH3 is 1. The number of rotatable bonds is 4. The van der Waals surface area contributed by atoms with Crippen LogP contribution in [0.1, 0.15) is 6.92 Å². The summed E-state index contributed by atoms with van der Waals surface area (Å²) in [6.45, 7) is 1.78. The number of hydrogen-bond acceptors (Lipinski definition) is 3. The van der Waals surface area contributed by atoms with Gasteiger partial charge in [0.25, 0.3) is 0 Å². The van der Waals surface area contributed by atoms with Crippen LogP contribution in [0.5, 0.6) is 0 Å². The van der Waals surface area contributed by atoms with Crippen LogP contribution in [-0.2, 0) is 4.74 Å². The van der Waals surface area contributed by atoms with Crippen molar-refractivity contribution in [1.29, 1.82) is 0 Å². The van der Waals surface area contributed by atoms with E-state index in [1.807, 2.05) is 60.7 Å². The Bertz CT molecular complexity index is 728. The molecule has 0 aliphatic carbocycles. The molecule has 118 valence electrons. The number of amides is 1. The molecule has 0 saturated heterocycles. The average molecular weight is 328 g/mol. The van der Waals surface area contributed by atoms with Crippen molar-refractivity contribution in [3.63, 3.8) is 0 Å². The Morgan fingerprint density at radius 2 is 1.57 bits per heavy atom. The number of ether oxygens (including phenoxy) is 1. The van der Waals surface area contributed by atoms with E-state index in [1.54, 1.807) is 6.92 Å². The van der Waals surface area contributed by atoms with Crippen LogP contribution in [0.4, 0.5) is 4.79 Å². The molecule has 0 fully saturated rings. The predicted octanol–water partition coefficient (Wildman–Crippen LogP) is 4.26. The van der Waals surface area contributed by atoms with E-state index < -0.39 is 18.9 Å². The molecular formula is C16H17N4O2P. The lowest BCUT2D eigenvalue weighted by molar-refractivity contribution is 0.183. The van der Waals surface area contributed by atoms with Crippen LogP contribution in [-0.4, -0.2) is 19.0 Å². The van der Waals surface area contributed by atoms with Crippen LogP contribution >= 0.6 is 7.05 Å². The van der Waals surface area contributed by atoms with Crippen LogP contribution in [0.25, 0.3) is 10.4 Å². The van der Waals surface area contributed by atoms with E-state index in [1.165, 1.54) is 7.11 Å². The third kappa shape index (κ3) is 3.45. The zero-order valence-corrected chi connectivity index (χ0v) is 13.8. The molecule has 0 saturated carbocycles. The smallest absolute Gasteiger partial charge is 0.432 e. The fourth-order valence-electron chi connectivity index (χ4n) is 2.41. The van der Waals surface area contributed by atoms with Crippen LogP contribution in [0.3, 0.4) is 0 Å². The van der Waals surface area contributed by atoms with Crippen molar-refractivity contribution in [2.24, 2.45) is 9.86 Å². The van der Waals surface area contributed by atoms with Gasteiger partial charge in [0, 0.05) is 12.0 Å². The van der Waals surface area contributed by atoms with Gasteiger partial charge in [-0.1, -0.05) is 72.7 Å². The molecular weight excluding hydrogens is 311 g/mol. The lowest BCUT2D eigenvalue weighted by Crippen LogP contribution is -2.24. The number of carbonyl (C=O) groups is 1. The lowest BCUT2D eigenvalue weighted by atomic mass is 10.4. The summed E-state index contributed by atoms with van der Waals surface area (Å²) in [5, 5.41) is 5.58. The molecule has 0 N–H and O–H groups in total. The molecule has 1 amide bonds. The normalized spacial score (nSPS) is 11.9. The van der Waals surface area contributed by atoms with Crippen molar-refractivity contribution in [1.82, 2.24) is 0 Å². The highest BCUT2D eigenvalue weighted by atomic mass is 31.2. The molecule has 2 aromatic carbocycles. The van der Waals surface area contributed by atoms with Crippen molar-refractivity contribution in [3.05, 3.63) is 71.1 Å². The van der Waals surface area contributed by atoms with E-state index in [-0.39, 0.29) is 0 Å². The molecule has 0 aromatic heterocycles. The molecule has 7 heteroatoms. The van der Waals surface area contributed by atoms with E-state index in [9.17, 15) is 4.79 Å². The Hall–Kier alpha value is -2.55. The second-order valence-corrected chi connectivity index (χ2v) is 8.11. The molecule has 0 bridgehead atoms. The summed E-state index contributed by atoms with van der Waals surface area (Å²) in [5.41, 5.74) is 8.90. The summed E-state index contributed by atoms with van der Waals surface area (Å²) >= 11 is 0. The first kappa shape index (κ1) is 16.8. The number of azide groups is 1. The first-order valence-corrected chi connectivity index (χ1v) is 8.81. The maximum absolute atomic E-state index is 12.0. The van der Waals surface area contributed by atoms with Gasteiger partial charge in [-0.05, 0) is 16.1 Å². The summed E-state index contributed by atoms with van der Waals surface area (Å²) < 4.78 is 9.14. The third-order valence-electron chi connectivity index (χ3n) is 3.47. The van der Waals surface area contributed by atoms with Crippen molar-refractivity contribution >= 4 is 23.8 Å². The molecule has 23 heavy (non-hydrogen) atoms. The van der Waals surface area contributed by atoms with Crippen LogP contribution in [0.2, 0.25) is 0 Å². The van der Waals surface area contributed by atoms with E-state index in [2.05, 4.69) is 14.8 Å². The van der Waals surface area contributed by atoms with E-state index in [0.29, 0.717) is 0 Å². The second-order valence-electron chi connectivity index (χ2n) is 4.76. The minimum Gasteiger partial charge on any atom is -0.451 e. The Labute approximate surface area is 134 Å². The Morgan fingerprint density at radius 3 is 1.96 bits per heavy atom. The van der Waals surface area contributed by atoms with Crippen molar-refractivity contribution < 1.29 is 9.53 Å². The monoisotopic (exact) mass is 328 g/mol. The maximum atomic E-state index is 12.0. The fourth-order valence-corrected chi connectivity index (χ4v) is 5.76. The highest BCUT2D eigenvalue weighted by Crippen LogP contribution is 2.52. The average Bonchev–Trinajstić information content (AvgIpc) is 2.61. The first-order chi connectivity index (χ1) is 11.1. The summed E-state index contributed by atoms with van der Waals surface area (Å²) in [5.74, 6) is -0.517. The fraction of sp³-hybridized carbons (Fsp3) is 0.188. The molecule has 2 aromatic rings. The van der Waals surface area contributed by atoms with Gasteiger partial charge in [0.05, 0.1) is 12.9 Å². The van der Waals surface area contributed by atoms with Gasteiger partial charge in [-0.2, -0.15) is 4.74 Å². The van der Waals surface area contributed by atoms with E-state index in [4.69, 9.17) is 10.3 Å². The number of nitrogens with zero attached hydrogens (tertiary/aromatic N) is 4. The van der Waals surface area contributed by atoms with Crippen LogP contribution < -0.4 is 10.6 Å². The molecule has 0 aliphatic rings. The highest BCUT2D eigenvalue weighted by molar-refractivity contribution is 7.81. The molecule has 6 nitrogen and oxygen atoms in total. The molecule has 0 aliphatic heterocycles. The molecule has 0 radical (unpaired) electrons. The number of hydrogen-bond donors (Lipinski definition) is 0. The van der Waals surface area contributed by atoms with E-state index in [0.717, 1.165) is 10.6 Å². The quantitative estimate of drug-likeness (QED) is 0.363. The maximum Gasteiger partial charge on any atom is 0.432 e. The molecule has 2 rings (SSSR count). The predicted molar refractivity (Wildman–Crippen MR) is 92.5 cm³/mol. The standard InChI is InChI=1S/C16H17N4O2P/c1-13(18-20-17)23(19-16(21)22-2,14-9-5-3-6-10-14)15-11-7-4-8-12-15/h3-13H,1-2H3. The van der Waals surface area contributed by atoms with Crippen LogP contribution in [0.15, 0.2) is 70.5 Å². The zero-order chi connectivity index (χ0) is 16.7. The summed E-state index contributed by atoms with van der Waals surface area (Å²) in [4.78, 5) is 14.9. The Balaban J connectivity index is 2.87. The first-order valence-electron chi connectivity index (χ1n) is 7.00. The summed E-state index contributed by atoms with van der Waals surface area (Å²) in [6.07, 6.45) is -0.675. The Kier molecular flexibility index (Phi) is 5.58. The molecule has 1 unspecified atom stereocenters. The van der Waals surface area contributed by atoms with Gasteiger partial charge in [-0.15, -0.1) is 0 Å². The lowest BCUT2D eigenvalue weighted by Gasteiger charge is -2.28. The number of carbonyl (C=O) groups excluding carboxylic acids is 1. The minimum absolute atomic E-state index is 0.517. The van der Waals surface area contributed by atoms with Gasteiger partial charge in [0.2, 0.25) is 0 Å². The SMILES string of the molecule is COC(=O)N=P(c1ccccc1)(c1ccccc1)C(C)N=[N+]=[N-]. The Morgan fingerprint density at radius 1 is 1.09 bits per heavy atom. The summed E-state index contributed by atoms with van der Waals surface area (Å²) in [6, 6.07) is 18.9. The second kappa shape index (κ2) is 7.63. The van der Waals surface area contributed by atoms with Gasteiger partial charge in [-0.25, -0.2) is 4.79 Å². The van der Waals surface area contributed by atoms with Gasteiger partial charge in [-0.3, -0.25) is 0 Å². The summed E-state index contributed by atoms with van der Waals surface area (Å²) in [7, 11) is -1.36. The van der Waals surface area contributed by atoms with Crippen molar-refractivity contribution in [2.45, 2.75) is 12.7 Å². The van der Waals surface area contributed by atoms with Crippen LogP contribution in [0, 0.1) is 0 Å². The van der Waals surface area contributed by atoms with Crippen molar-refractivity contribution in [3.8, 4) is 0 Å². The molecule has 1 atom stereocenters. The van der Waals surface area contributed by atoms with Crippen molar-refractivity contribution in [2.75, 3.05) is 7.11 Å². The zero-order valence-electron chi connectivity index (χ0n) is 12.9. The number of benzene rings is 2. The minimum atomic E-state index is -2.65. The van der Waals surface area contributed by atoms with E-state index >= 15 is 0 Å². The highest BCUT2D eigenvalue weighted by Gasteiger charge is 2.32. The van der Waals surface area contributed by atoms with Gasteiger partial charge in [0.1, 0.15) is 0 Å². The van der Waals surface area contributed by atoms with Gasteiger partial charge in [0.15, 0.2) is 0 Å². The van der Waals surface area contributed by atoms with Gasteiger partial charge < -0.3 is 4.74 Å². The van der Waals surface area contributed by atoms with Gasteiger partial charge >= 0.3 is 6.09 Å². The third-order valence-corrected chi connectivity index (χ3v) is 7.31. The molecule has 0 spiro atoms. The topological polar surface area (TPSA) is 87.4 Å².